The highest BCUT2D eigenvalue weighted by Gasteiger charge is 2.30. The molecule has 0 radical (unpaired) electrons. The fourth-order valence-corrected chi connectivity index (χ4v) is 5.51. The smallest absolute Gasteiger partial charge is 0.266 e. The zero-order valence-electron chi connectivity index (χ0n) is 16.4. The number of nitrogens with one attached hydrogen (secondary N) is 1. The summed E-state index contributed by atoms with van der Waals surface area (Å²) in [5.41, 5.74) is 3.56. The summed E-state index contributed by atoms with van der Waals surface area (Å²) in [5.74, 6) is -0.0562. The number of carbonyl (C=O) groups excluding carboxylic acids is 1. The quantitative estimate of drug-likeness (QED) is 0.542. The van der Waals surface area contributed by atoms with Crippen molar-refractivity contribution in [2.24, 2.45) is 0 Å². The van der Waals surface area contributed by atoms with Gasteiger partial charge in [-0.2, -0.15) is 0 Å². The Kier molecular flexibility index (Phi) is 6.37. The fraction of sp³-hybridized carbons (Fsp3) is 0.318. The Balaban J connectivity index is 1.77. The van der Waals surface area contributed by atoms with Crippen molar-refractivity contribution in [3.63, 3.8) is 0 Å². The molecule has 1 saturated heterocycles. The molecule has 152 valence electrons. The molecule has 0 saturated carbocycles. The van der Waals surface area contributed by atoms with Crippen LogP contribution in [0.25, 0.3) is 0 Å². The number of hydrogen-bond donors (Lipinski definition) is 1. The van der Waals surface area contributed by atoms with Gasteiger partial charge in [0.1, 0.15) is 5.00 Å². The van der Waals surface area contributed by atoms with Crippen LogP contribution >= 0.6 is 34.3 Å². The molecule has 0 spiro atoms. The second-order valence-electron chi connectivity index (χ2n) is 7.06. The summed E-state index contributed by atoms with van der Waals surface area (Å²) < 4.78 is 5.59. The zero-order chi connectivity index (χ0) is 20.4. The molecule has 1 aromatic carbocycles. The standard InChI is InChI=1S/C22H23ClN2O2S2/c1-14-15(2)29-22(24-21(26)18-4-3-13-28-18)19(14)20(25-9-11-27-12-10-25)16-5-7-17(23)8-6-16/h3-8,13,20H,9-12H2,1-2H3,(H,24,26)/t20-/m0/s1. The molecule has 0 unspecified atom stereocenters. The normalized spacial score (nSPS) is 16.0. The van der Waals surface area contributed by atoms with Gasteiger partial charge < -0.3 is 10.1 Å². The van der Waals surface area contributed by atoms with Crippen LogP contribution in [0.1, 0.15) is 37.3 Å². The number of halogens is 1. The van der Waals surface area contributed by atoms with Gasteiger partial charge in [0.2, 0.25) is 0 Å². The van der Waals surface area contributed by atoms with Gasteiger partial charge in [-0.3, -0.25) is 9.69 Å². The van der Waals surface area contributed by atoms with Crippen molar-refractivity contribution in [1.82, 2.24) is 4.90 Å². The van der Waals surface area contributed by atoms with Gasteiger partial charge in [0.05, 0.1) is 24.1 Å². The fourth-order valence-electron chi connectivity index (χ4n) is 3.68. The number of carbonyl (C=O) groups is 1. The van der Waals surface area contributed by atoms with Crippen LogP contribution in [0.2, 0.25) is 5.02 Å². The topological polar surface area (TPSA) is 41.6 Å². The first-order valence-corrected chi connectivity index (χ1v) is 11.6. The van der Waals surface area contributed by atoms with E-state index in [1.165, 1.54) is 32.9 Å². The maximum absolute atomic E-state index is 12.8. The van der Waals surface area contributed by atoms with Crippen LogP contribution in [0.3, 0.4) is 0 Å². The average molecular weight is 447 g/mol. The third-order valence-corrected chi connectivity index (χ3v) is 7.53. The van der Waals surface area contributed by atoms with Gasteiger partial charge in [-0.15, -0.1) is 22.7 Å². The van der Waals surface area contributed by atoms with Crippen LogP contribution in [0.5, 0.6) is 0 Å². The number of morpholine rings is 1. The average Bonchev–Trinajstić information content (AvgIpc) is 3.35. The van der Waals surface area contributed by atoms with E-state index in [9.17, 15) is 4.79 Å². The van der Waals surface area contributed by atoms with Crippen LogP contribution in [0.15, 0.2) is 41.8 Å². The molecule has 1 atom stereocenters. The number of nitrogens with zero attached hydrogens (tertiary/aromatic N) is 1. The van der Waals surface area contributed by atoms with Crippen LogP contribution in [-0.4, -0.2) is 37.1 Å². The Morgan fingerprint density at radius 2 is 1.90 bits per heavy atom. The predicted molar refractivity (Wildman–Crippen MR) is 122 cm³/mol. The van der Waals surface area contributed by atoms with E-state index in [-0.39, 0.29) is 11.9 Å². The molecule has 3 heterocycles. The van der Waals surface area contributed by atoms with Crippen LogP contribution in [0.4, 0.5) is 5.00 Å². The van der Waals surface area contributed by atoms with Crippen LogP contribution in [0, 0.1) is 13.8 Å². The lowest BCUT2D eigenvalue weighted by Gasteiger charge is -2.35. The summed E-state index contributed by atoms with van der Waals surface area (Å²) in [4.78, 5) is 17.1. The van der Waals surface area contributed by atoms with E-state index in [2.05, 4.69) is 36.2 Å². The van der Waals surface area contributed by atoms with Crippen LogP contribution in [-0.2, 0) is 4.74 Å². The van der Waals surface area contributed by atoms with E-state index < -0.39 is 0 Å². The molecule has 1 aliphatic rings. The van der Waals surface area contributed by atoms with Crippen molar-refractivity contribution in [2.45, 2.75) is 19.9 Å². The molecule has 4 nitrogen and oxygen atoms in total. The molecular formula is C22H23ClN2O2S2. The van der Waals surface area contributed by atoms with Crippen molar-refractivity contribution in [2.75, 3.05) is 31.6 Å². The Bertz CT molecular complexity index is 977. The molecule has 0 bridgehead atoms. The molecule has 1 amide bonds. The van der Waals surface area contributed by atoms with Crippen molar-refractivity contribution in [3.05, 3.63) is 73.2 Å². The van der Waals surface area contributed by atoms with Gasteiger partial charge in [-0.05, 0) is 48.6 Å². The highest BCUT2D eigenvalue weighted by Crippen LogP contribution is 2.42. The Labute approximate surface area is 184 Å². The third kappa shape index (κ3) is 4.42. The molecule has 2 aromatic heterocycles. The zero-order valence-corrected chi connectivity index (χ0v) is 18.8. The second-order valence-corrected chi connectivity index (χ2v) is 9.67. The maximum Gasteiger partial charge on any atom is 0.266 e. The number of rotatable bonds is 5. The van der Waals surface area contributed by atoms with Crippen molar-refractivity contribution >= 4 is 45.2 Å². The van der Waals surface area contributed by atoms with E-state index in [0.717, 1.165) is 23.1 Å². The predicted octanol–water partition coefficient (Wildman–Crippen LogP) is 5.75. The molecule has 4 rings (SSSR count). The van der Waals surface area contributed by atoms with Crippen molar-refractivity contribution < 1.29 is 9.53 Å². The minimum absolute atomic E-state index is 0.0414. The summed E-state index contributed by atoms with van der Waals surface area (Å²) in [6.07, 6.45) is 0. The number of ether oxygens (including phenoxy) is 1. The molecule has 1 aliphatic heterocycles. The minimum atomic E-state index is -0.0562. The molecule has 3 aromatic rings. The lowest BCUT2D eigenvalue weighted by Crippen LogP contribution is -2.39. The van der Waals surface area contributed by atoms with Gasteiger partial charge >= 0.3 is 0 Å². The first-order chi connectivity index (χ1) is 14.0. The summed E-state index contributed by atoms with van der Waals surface area (Å²) >= 11 is 9.25. The third-order valence-electron chi connectivity index (χ3n) is 5.27. The van der Waals surface area contributed by atoms with E-state index in [4.69, 9.17) is 16.3 Å². The number of anilines is 1. The van der Waals surface area contributed by atoms with Crippen LogP contribution < -0.4 is 5.32 Å². The van der Waals surface area contributed by atoms with E-state index in [0.29, 0.717) is 18.1 Å². The molecular weight excluding hydrogens is 424 g/mol. The highest BCUT2D eigenvalue weighted by molar-refractivity contribution is 7.17. The molecule has 7 heteroatoms. The van der Waals surface area contributed by atoms with Crippen molar-refractivity contribution in [3.8, 4) is 0 Å². The highest BCUT2D eigenvalue weighted by atomic mass is 35.5. The molecule has 29 heavy (non-hydrogen) atoms. The number of aryl methyl sites for hydroxylation is 1. The van der Waals surface area contributed by atoms with Gasteiger partial charge in [0, 0.05) is 28.6 Å². The lowest BCUT2D eigenvalue weighted by molar-refractivity contribution is 0.0240. The maximum atomic E-state index is 12.8. The second kappa shape index (κ2) is 8.98. The van der Waals surface area contributed by atoms with Gasteiger partial charge in [-0.1, -0.05) is 29.8 Å². The molecule has 1 fully saturated rings. The SMILES string of the molecule is Cc1sc(NC(=O)c2cccs2)c([C@H](c2ccc(Cl)cc2)N2CCOCC2)c1C. The number of benzene rings is 1. The monoisotopic (exact) mass is 446 g/mol. The van der Waals surface area contributed by atoms with Crippen molar-refractivity contribution in [1.29, 1.82) is 0 Å². The Morgan fingerprint density at radius 3 is 2.55 bits per heavy atom. The molecule has 0 aliphatic carbocycles. The summed E-state index contributed by atoms with van der Waals surface area (Å²) in [7, 11) is 0. The largest absolute Gasteiger partial charge is 0.379 e. The lowest BCUT2D eigenvalue weighted by atomic mass is 9.94. The molecule has 1 N–H and O–H groups in total. The Hall–Kier alpha value is -1.70. The first-order valence-electron chi connectivity index (χ1n) is 9.56. The Morgan fingerprint density at radius 1 is 1.17 bits per heavy atom. The summed E-state index contributed by atoms with van der Waals surface area (Å²) in [6.45, 7) is 7.38. The summed E-state index contributed by atoms with van der Waals surface area (Å²) in [5, 5.41) is 6.75. The van der Waals surface area contributed by atoms with E-state index >= 15 is 0 Å². The number of thiophene rings is 2. The number of amides is 1. The van der Waals surface area contributed by atoms with Gasteiger partial charge in [0.15, 0.2) is 0 Å². The van der Waals surface area contributed by atoms with E-state index in [1.54, 1.807) is 11.3 Å². The van der Waals surface area contributed by atoms with Gasteiger partial charge in [-0.25, -0.2) is 0 Å². The number of hydrogen-bond acceptors (Lipinski definition) is 5. The first kappa shape index (κ1) is 20.6. The summed E-state index contributed by atoms with van der Waals surface area (Å²) in [6, 6.07) is 11.8. The minimum Gasteiger partial charge on any atom is -0.379 e. The van der Waals surface area contributed by atoms with E-state index in [1.807, 2.05) is 29.6 Å². The van der Waals surface area contributed by atoms with Gasteiger partial charge in [0.25, 0.3) is 5.91 Å².